The summed E-state index contributed by atoms with van der Waals surface area (Å²) in [6.07, 6.45) is 3.45. The number of hydrogen-bond donors (Lipinski definition) is 0. The molecule has 0 aliphatic carbocycles. The van der Waals surface area contributed by atoms with Crippen LogP contribution in [0.3, 0.4) is 0 Å². The SMILES string of the molecule is Cc1cc2c(Br)cncn2n1. The second-order valence-corrected chi connectivity index (χ2v) is 3.21. The third-order valence-corrected chi connectivity index (χ3v) is 2.08. The van der Waals surface area contributed by atoms with Crippen LogP contribution in [-0.4, -0.2) is 14.6 Å². The maximum atomic E-state index is 4.20. The molecule has 0 unspecified atom stereocenters. The summed E-state index contributed by atoms with van der Waals surface area (Å²) in [4.78, 5) is 3.98. The number of aromatic nitrogens is 3. The van der Waals surface area contributed by atoms with E-state index in [0.29, 0.717) is 0 Å². The van der Waals surface area contributed by atoms with Gasteiger partial charge in [-0.3, -0.25) is 0 Å². The first-order valence-corrected chi connectivity index (χ1v) is 4.02. The Balaban J connectivity index is 2.90. The third-order valence-electron chi connectivity index (χ3n) is 1.47. The van der Waals surface area contributed by atoms with Crippen molar-refractivity contribution < 1.29 is 0 Å². The first kappa shape index (κ1) is 6.79. The quantitative estimate of drug-likeness (QED) is 0.666. The van der Waals surface area contributed by atoms with Crippen molar-refractivity contribution >= 4 is 21.4 Å². The lowest BCUT2D eigenvalue weighted by atomic mass is 10.4. The Morgan fingerprint density at radius 2 is 2.36 bits per heavy atom. The Kier molecular flexibility index (Phi) is 1.42. The lowest BCUT2D eigenvalue weighted by molar-refractivity contribution is 0.898. The molecule has 2 heterocycles. The predicted molar refractivity (Wildman–Crippen MR) is 45.4 cm³/mol. The van der Waals surface area contributed by atoms with E-state index in [1.54, 1.807) is 17.0 Å². The van der Waals surface area contributed by atoms with E-state index < -0.39 is 0 Å². The molecule has 0 saturated carbocycles. The zero-order chi connectivity index (χ0) is 7.84. The van der Waals surface area contributed by atoms with Gasteiger partial charge in [-0.1, -0.05) is 0 Å². The van der Waals surface area contributed by atoms with E-state index in [1.807, 2.05) is 13.0 Å². The van der Waals surface area contributed by atoms with E-state index in [2.05, 4.69) is 26.0 Å². The first-order valence-electron chi connectivity index (χ1n) is 3.23. The maximum absolute atomic E-state index is 4.20. The summed E-state index contributed by atoms with van der Waals surface area (Å²) in [5, 5.41) is 4.20. The van der Waals surface area contributed by atoms with E-state index in [4.69, 9.17) is 0 Å². The first-order chi connectivity index (χ1) is 5.27. The molecule has 3 nitrogen and oxygen atoms in total. The van der Waals surface area contributed by atoms with Crippen molar-refractivity contribution in [3.05, 3.63) is 28.8 Å². The largest absolute Gasteiger partial charge is 0.244 e. The minimum Gasteiger partial charge on any atom is -0.244 e. The Morgan fingerprint density at radius 1 is 1.55 bits per heavy atom. The fourth-order valence-corrected chi connectivity index (χ4v) is 1.43. The monoisotopic (exact) mass is 211 g/mol. The minimum absolute atomic E-state index is 0.973. The summed E-state index contributed by atoms with van der Waals surface area (Å²) in [5.41, 5.74) is 2.05. The van der Waals surface area contributed by atoms with Crippen LogP contribution < -0.4 is 0 Å². The lowest BCUT2D eigenvalue weighted by Gasteiger charge is -1.91. The van der Waals surface area contributed by atoms with Gasteiger partial charge in [0.15, 0.2) is 0 Å². The van der Waals surface area contributed by atoms with Gasteiger partial charge in [0, 0.05) is 6.20 Å². The second-order valence-electron chi connectivity index (χ2n) is 2.36. The van der Waals surface area contributed by atoms with Crippen molar-refractivity contribution in [3.8, 4) is 0 Å². The smallest absolute Gasteiger partial charge is 0.117 e. The molecule has 2 rings (SSSR count). The van der Waals surface area contributed by atoms with E-state index >= 15 is 0 Å². The zero-order valence-electron chi connectivity index (χ0n) is 5.95. The summed E-state index contributed by atoms with van der Waals surface area (Å²) in [6, 6.07) is 2.01. The van der Waals surface area contributed by atoms with Gasteiger partial charge in [-0.15, -0.1) is 0 Å². The van der Waals surface area contributed by atoms with E-state index in [9.17, 15) is 0 Å². The van der Waals surface area contributed by atoms with Crippen molar-refractivity contribution in [2.24, 2.45) is 0 Å². The fraction of sp³-hybridized carbons (Fsp3) is 0.143. The normalized spacial score (nSPS) is 10.7. The standard InChI is InChI=1S/C7H6BrN3/c1-5-2-7-6(8)3-9-4-11(7)10-5/h2-4H,1H3. The topological polar surface area (TPSA) is 30.2 Å². The average Bonchev–Trinajstić information content (AvgIpc) is 2.31. The van der Waals surface area contributed by atoms with Crippen LogP contribution >= 0.6 is 15.9 Å². The molecule has 0 aliphatic heterocycles. The summed E-state index contributed by atoms with van der Waals surface area (Å²) in [6.45, 7) is 1.96. The Hall–Kier alpha value is -0.900. The van der Waals surface area contributed by atoms with Gasteiger partial charge in [0.05, 0.1) is 15.7 Å². The van der Waals surface area contributed by atoms with E-state index in [0.717, 1.165) is 15.7 Å². The van der Waals surface area contributed by atoms with Crippen LogP contribution in [0.5, 0.6) is 0 Å². The molecule has 0 aliphatic rings. The van der Waals surface area contributed by atoms with Crippen molar-refractivity contribution in [2.75, 3.05) is 0 Å². The van der Waals surface area contributed by atoms with E-state index in [-0.39, 0.29) is 0 Å². The molecule has 0 spiro atoms. The molecular weight excluding hydrogens is 206 g/mol. The molecule has 0 bridgehead atoms. The highest BCUT2D eigenvalue weighted by Crippen LogP contribution is 2.16. The van der Waals surface area contributed by atoms with Gasteiger partial charge < -0.3 is 0 Å². The lowest BCUT2D eigenvalue weighted by Crippen LogP contribution is -1.88. The molecule has 0 radical (unpaired) electrons. The molecule has 2 aromatic heterocycles. The summed E-state index contributed by atoms with van der Waals surface area (Å²) in [5.74, 6) is 0. The van der Waals surface area contributed by atoms with Gasteiger partial charge in [0.2, 0.25) is 0 Å². The zero-order valence-corrected chi connectivity index (χ0v) is 7.54. The molecule has 0 aromatic carbocycles. The fourth-order valence-electron chi connectivity index (χ4n) is 1.01. The van der Waals surface area contributed by atoms with Gasteiger partial charge >= 0.3 is 0 Å². The number of rotatable bonds is 0. The molecule has 0 saturated heterocycles. The predicted octanol–water partition coefficient (Wildman–Crippen LogP) is 1.80. The highest BCUT2D eigenvalue weighted by molar-refractivity contribution is 9.10. The van der Waals surface area contributed by atoms with Crippen molar-refractivity contribution in [1.29, 1.82) is 0 Å². The van der Waals surface area contributed by atoms with Gasteiger partial charge in [-0.25, -0.2) is 9.50 Å². The van der Waals surface area contributed by atoms with Crippen molar-refractivity contribution in [1.82, 2.24) is 14.6 Å². The molecule has 0 amide bonds. The van der Waals surface area contributed by atoms with E-state index in [1.165, 1.54) is 0 Å². The van der Waals surface area contributed by atoms with Crippen LogP contribution in [0.1, 0.15) is 5.69 Å². The van der Waals surface area contributed by atoms with Crippen LogP contribution in [0.4, 0.5) is 0 Å². The molecule has 4 heteroatoms. The van der Waals surface area contributed by atoms with Gasteiger partial charge in [0.25, 0.3) is 0 Å². The Bertz CT molecular complexity index is 393. The summed E-state index contributed by atoms with van der Waals surface area (Å²) >= 11 is 3.39. The molecule has 56 valence electrons. The highest BCUT2D eigenvalue weighted by atomic mass is 79.9. The molecular formula is C7H6BrN3. The number of hydrogen-bond acceptors (Lipinski definition) is 2. The number of fused-ring (bicyclic) bond motifs is 1. The van der Waals surface area contributed by atoms with Crippen LogP contribution in [0.25, 0.3) is 5.52 Å². The van der Waals surface area contributed by atoms with Gasteiger partial charge in [-0.2, -0.15) is 5.10 Å². The number of halogens is 1. The van der Waals surface area contributed by atoms with Crippen LogP contribution in [0.2, 0.25) is 0 Å². The van der Waals surface area contributed by atoms with Crippen LogP contribution in [0, 0.1) is 6.92 Å². The minimum atomic E-state index is 0.973. The molecule has 11 heavy (non-hydrogen) atoms. The van der Waals surface area contributed by atoms with Crippen molar-refractivity contribution in [2.45, 2.75) is 6.92 Å². The maximum Gasteiger partial charge on any atom is 0.117 e. The summed E-state index contributed by atoms with van der Waals surface area (Å²) < 4.78 is 2.72. The third kappa shape index (κ3) is 1.03. The molecule has 0 N–H and O–H groups in total. The Morgan fingerprint density at radius 3 is 3.09 bits per heavy atom. The summed E-state index contributed by atoms with van der Waals surface area (Å²) in [7, 11) is 0. The highest BCUT2D eigenvalue weighted by Gasteiger charge is 1.99. The molecule has 2 aromatic rings. The average molecular weight is 212 g/mol. The van der Waals surface area contributed by atoms with Crippen molar-refractivity contribution in [3.63, 3.8) is 0 Å². The van der Waals surface area contributed by atoms with Crippen LogP contribution in [-0.2, 0) is 0 Å². The molecule has 0 fully saturated rings. The van der Waals surface area contributed by atoms with Gasteiger partial charge in [0.1, 0.15) is 6.33 Å². The molecule has 0 atom stereocenters. The number of aryl methyl sites for hydroxylation is 1. The second kappa shape index (κ2) is 2.30. The van der Waals surface area contributed by atoms with Gasteiger partial charge in [-0.05, 0) is 28.9 Å². The Labute approximate surface area is 72.2 Å². The van der Waals surface area contributed by atoms with Crippen LogP contribution in [0.15, 0.2) is 23.1 Å². The number of nitrogens with zero attached hydrogens (tertiary/aromatic N) is 3.